The number of hydrogen-bond acceptors (Lipinski definition) is 4. The number of amides is 1. The Morgan fingerprint density at radius 3 is 2.53 bits per heavy atom. The predicted octanol–water partition coefficient (Wildman–Crippen LogP) is 2.36. The fraction of sp³-hybridized carbons (Fsp3) is 0.714. The van der Waals surface area contributed by atoms with Crippen LogP contribution < -0.4 is 0 Å². The smallest absolute Gasteiger partial charge is 0.411 e. The van der Waals surface area contributed by atoms with Gasteiger partial charge in [-0.2, -0.15) is 0 Å². The number of methoxy groups -OCH3 is 1. The Bertz CT molecular complexity index is 359. The molecule has 1 amide bonds. The Balaban J connectivity index is 2.84. The number of esters is 1. The highest BCUT2D eigenvalue weighted by molar-refractivity contribution is 5.82. The number of likely N-dealkylation sites (tertiary alicyclic amines) is 1. The minimum absolute atomic E-state index is 0.0532. The van der Waals surface area contributed by atoms with Crippen molar-refractivity contribution in [2.45, 2.75) is 45.3 Å². The molecular formula is C14H23NO4. The van der Waals surface area contributed by atoms with Crippen molar-refractivity contribution in [2.75, 3.05) is 13.7 Å². The van der Waals surface area contributed by atoms with Crippen LogP contribution in [0.25, 0.3) is 0 Å². The normalized spacial score (nSPS) is 23.1. The first-order valence-corrected chi connectivity index (χ1v) is 6.48. The molecule has 108 valence electrons. The topological polar surface area (TPSA) is 55.8 Å². The summed E-state index contributed by atoms with van der Waals surface area (Å²) in [6, 6.07) is -0.571. The van der Waals surface area contributed by atoms with Crippen LogP contribution in [0.5, 0.6) is 0 Å². The summed E-state index contributed by atoms with van der Waals surface area (Å²) in [5.74, 6) is -0.340. The molecule has 1 fully saturated rings. The lowest BCUT2D eigenvalue weighted by Crippen LogP contribution is -2.46. The number of hydrogen-bond donors (Lipinski definition) is 0. The van der Waals surface area contributed by atoms with Crippen LogP contribution in [0, 0.1) is 5.92 Å². The first kappa shape index (κ1) is 15.5. The van der Waals surface area contributed by atoms with Crippen molar-refractivity contribution in [1.82, 2.24) is 4.90 Å². The highest BCUT2D eigenvalue weighted by Gasteiger charge is 2.43. The third-order valence-corrected chi connectivity index (χ3v) is 3.06. The number of carbonyl (C=O) groups is 2. The van der Waals surface area contributed by atoms with E-state index in [4.69, 9.17) is 9.47 Å². The highest BCUT2D eigenvalue weighted by atomic mass is 16.6. The molecule has 0 unspecified atom stereocenters. The quantitative estimate of drug-likeness (QED) is 0.583. The Morgan fingerprint density at radius 2 is 2.05 bits per heavy atom. The molecule has 1 aliphatic heterocycles. The molecule has 1 aliphatic rings. The number of rotatable bonds is 3. The second-order valence-corrected chi connectivity index (χ2v) is 5.71. The summed E-state index contributed by atoms with van der Waals surface area (Å²) < 4.78 is 10.1. The maximum atomic E-state index is 12.1. The molecule has 1 rings (SSSR count). The molecule has 1 saturated heterocycles. The fourth-order valence-electron chi connectivity index (χ4n) is 2.28. The molecule has 0 aromatic heterocycles. The van der Waals surface area contributed by atoms with Crippen LogP contribution in [0.3, 0.4) is 0 Å². The van der Waals surface area contributed by atoms with Gasteiger partial charge in [0.05, 0.1) is 7.11 Å². The zero-order chi connectivity index (χ0) is 14.6. The molecule has 0 bridgehead atoms. The van der Waals surface area contributed by atoms with Gasteiger partial charge in [-0.1, -0.05) is 6.08 Å². The number of ether oxygens (including phenoxy) is 2. The third-order valence-electron chi connectivity index (χ3n) is 3.06. The van der Waals surface area contributed by atoms with Gasteiger partial charge >= 0.3 is 12.1 Å². The van der Waals surface area contributed by atoms with E-state index in [1.165, 1.54) is 12.0 Å². The van der Waals surface area contributed by atoms with Crippen LogP contribution in [0.2, 0.25) is 0 Å². The second kappa shape index (κ2) is 6.08. The maximum Gasteiger partial charge on any atom is 0.411 e. The van der Waals surface area contributed by atoms with Gasteiger partial charge in [-0.15, -0.1) is 6.58 Å². The van der Waals surface area contributed by atoms with Crippen LogP contribution in [-0.2, 0) is 14.3 Å². The molecule has 1 heterocycles. The summed E-state index contributed by atoms with van der Waals surface area (Å²) >= 11 is 0. The van der Waals surface area contributed by atoms with Crippen molar-refractivity contribution in [2.24, 2.45) is 5.92 Å². The molecule has 19 heavy (non-hydrogen) atoms. The van der Waals surface area contributed by atoms with E-state index < -0.39 is 23.7 Å². The highest BCUT2D eigenvalue weighted by Crippen LogP contribution is 2.29. The molecule has 0 aromatic rings. The number of carbonyl (C=O) groups excluding carboxylic acids is 2. The Morgan fingerprint density at radius 1 is 1.42 bits per heavy atom. The van der Waals surface area contributed by atoms with Crippen molar-refractivity contribution in [3.63, 3.8) is 0 Å². The van der Waals surface area contributed by atoms with E-state index in [0.717, 1.165) is 6.42 Å². The van der Waals surface area contributed by atoms with E-state index in [1.54, 1.807) is 26.8 Å². The molecule has 2 atom stereocenters. The SMILES string of the molecule is C=CC[C@@H]1CCN(C(=O)OC(C)(C)C)[C@@H]1C(=O)OC. The summed E-state index contributed by atoms with van der Waals surface area (Å²) in [6.07, 6.45) is 2.73. The van der Waals surface area contributed by atoms with E-state index in [2.05, 4.69) is 6.58 Å². The Kier molecular flexibility index (Phi) is 4.97. The van der Waals surface area contributed by atoms with Crippen molar-refractivity contribution in [1.29, 1.82) is 0 Å². The molecule has 0 aromatic carbocycles. The summed E-state index contributed by atoms with van der Waals surface area (Å²) in [5.41, 5.74) is -0.575. The van der Waals surface area contributed by atoms with Gasteiger partial charge in [-0.25, -0.2) is 9.59 Å². The monoisotopic (exact) mass is 269 g/mol. The largest absolute Gasteiger partial charge is 0.467 e. The zero-order valence-electron chi connectivity index (χ0n) is 12.1. The summed E-state index contributed by atoms with van der Waals surface area (Å²) in [5, 5.41) is 0. The summed E-state index contributed by atoms with van der Waals surface area (Å²) in [4.78, 5) is 25.4. The third kappa shape index (κ3) is 3.98. The fourth-order valence-corrected chi connectivity index (χ4v) is 2.28. The minimum Gasteiger partial charge on any atom is -0.467 e. The van der Waals surface area contributed by atoms with Crippen molar-refractivity contribution >= 4 is 12.1 Å². The summed E-state index contributed by atoms with van der Waals surface area (Å²) in [6.45, 7) is 9.60. The predicted molar refractivity (Wildman–Crippen MR) is 71.7 cm³/mol. The lowest BCUT2D eigenvalue weighted by Gasteiger charge is -2.28. The second-order valence-electron chi connectivity index (χ2n) is 5.71. The first-order chi connectivity index (χ1) is 8.80. The van der Waals surface area contributed by atoms with Crippen molar-refractivity contribution < 1.29 is 19.1 Å². The van der Waals surface area contributed by atoms with Crippen LogP contribution >= 0.6 is 0 Å². The van der Waals surface area contributed by atoms with Crippen LogP contribution in [0.15, 0.2) is 12.7 Å². The van der Waals surface area contributed by atoms with Crippen LogP contribution in [0.4, 0.5) is 4.79 Å². The van der Waals surface area contributed by atoms with Gasteiger partial charge in [-0.05, 0) is 39.5 Å². The Hall–Kier alpha value is -1.52. The van der Waals surface area contributed by atoms with Gasteiger partial charge in [0.15, 0.2) is 0 Å². The van der Waals surface area contributed by atoms with E-state index in [9.17, 15) is 9.59 Å². The van der Waals surface area contributed by atoms with Gasteiger partial charge in [-0.3, -0.25) is 4.90 Å². The molecule has 0 N–H and O–H groups in total. The van der Waals surface area contributed by atoms with E-state index in [1.807, 2.05) is 0 Å². The molecule has 0 saturated carbocycles. The number of nitrogens with zero attached hydrogens (tertiary/aromatic N) is 1. The Labute approximate surface area is 114 Å². The average Bonchev–Trinajstić information content (AvgIpc) is 2.70. The van der Waals surface area contributed by atoms with Crippen molar-refractivity contribution in [3.8, 4) is 0 Å². The van der Waals surface area contributed by atoms with Gasteiger partial charge < -0.3 is 9.47 Å². The van der Waals surface area contributed by atoms with E-state index in [0.29, 0.717) is 13.0 Å². The number of allylic oxidation sites excluding steroid dienone is 1. The van der Waals surface area contributed by atoms with Crippen LogP contribution in [-0.4, -0.2) is 42.3 Å². The maximum absolute atomic E-state index is 12.1. The molecule has 0 radical (unpaired) electrons. The lowest BCUT2D eigenvalue weighted by atomic mass is 9.97. The lowest BCUT2D eigenvalue weighted by molar-refractivity contribution is -0.147. The van der Waals surface area contributed by atoms with E-state index >= 15 is 0 Å². The molecule has 5 heteroatoms. The molecule has 0 aliphatic carbocycles. The average molecular weight is 269 g/mol. The first-order valence-electron chi connectivity index (χ1n) is 6.48. The van der Waals surface area contributed by atoms with Gasteiger partial charge in [0.2, 0.25) is 0 Å². The van der Waals surface area contributed by atoms with E-state index in [-0.39, 0.29) is 5.92 Å². The molecular weight excluding hydrogens is 246 g/mol. The molecule has 0 spiro atoms. The summed E-state index contributed by atoms with van der Waals surface area (Å²) in [7, 11) is 1.33. The minimum atomic E-state index is -0.575. The molecule has 5 nitrogen and oxygen atoms in total. The van der Waals surface area contributed by atoms with Gasteiger partial charge in [0.1, 0.15) is 11.6 Å². The zero-order valence-corrected chi connectivity index (χ0v) is 12.1. The standard InChI is InChI=1S/C14H23NO4/c1-6-7-10-8-9-15(11(10)12(16)18-5)13(17)19-14(2,3)4/h6,10-11H,1,7-9H2,2-5H3/t10-,11+/m1/s1. The van der Waals surface area contributed by atoms with Crippen molar-refractivity contribution in [3.05, 3.63) is 12.7 Å². The van der Waals surface area contributed by atoms with Crippen LogP contribution in [0.1, 0.15) is 33.6 Å². The van der Waals surface area contributed by atoms with Gasteiger partial charge in [0, 0.05) is 6.54 Å². The van der Waals surface area contributed by atoms with Gasteiger partial charge in [0.25, 0.3) is 0 Å².